The van der Waals surface area contributed by atoms with Crippen molar-refractivity contribution in [2.45, 2.75) is 11.6 Å². The molecule has 0 amide bonds. The van der Waals surface area contributed by atoms with Crippen LogP contribution in [0.5, 0.6) is 40.2 Å². The molecule has 11 heteroatoms. The highest BCUT2D eigenvalue weighted by atomic mass is 16.8. The number of rotatable bonds is 4. The molecular formula is C25H18O11. The molecule has 184 valence electrons. The van der Waals surface area contributed by atoms with Crippen LogP contribution in [0.15, 0.2) is 54.6 Å². The topological polar surface area (TPSA) is 172 Å². The second-order valence-electron chi connectivity index (χ2n) is 8.00. The fraction of sp³-hybridized carbons (Fsp3) is 0.120. The molecule has 0 fully saturated rings. The molecule has 5 rings (SSSR count). The first-order valence-electron chi connectivity index (χ1n) is 10.4. The minimum Gasteiger partial charge on any atom is -0.508 e. The smallest absolute Gasteiger partial charge is 0.357 e. The lowest BCUT2D eigenvalue weighted by Gasteiger charge is -2.50. The van der Waals surface area contributed by atoms with E-state index < -0.39 is 40.4 Å². The van der Waals surface area contributed by atoms with Crippen molar-refractivity contribution in [3.63, 3.8) is 0 Å². The van der Waals surface area contributed by atoms with Gasteiger partial charge in [-0.15, -0.1) is 0 Å². The van der Waals surface area contributed by atoms with Gasteiger partial charge in [-0.1, -0.05) is 6.07 Å². The molecule has 0 aliphatic carbocycles. The van der Waals surface area contributed by atoms with Gasteiger partial charge in [-0.25, -0.2) is 4.79 Å². The van der Waals surface area contributed by atoms with Crippen LogP contribution >= 0.6 is 0 Å². The van der Waals surface area contributed by atoms with Gasteiger partial charge in [-0.3, -0.25) is 4.79 Å². The van der Waals surface area contributed by atoms with E-state index in [2.05, 4.69) is 0 Å². The van der Waals surface area contributed by atoms with Gasteiger partial charge >= 0.3 is 17.5 Å². The maximum atomic E-state index is 13.6. The summed E-state index contributed by atoms with van der Waals surface area (Å²) in [7, 11) is 1.29. The fourth-order valence-corrected chi connectivity index (χ4v) is 4.11. The largest absolute Gasteiger partial charge is 0.508 e. The second-order valence-corrected chi connectivity index (χ2v) is 8.00. The molecule has 2 aliphatic rings. The van der Waals surface area contributed by atoms with Crippen molar-refractivity contribution in [2.75, 3.05) is 7.11 Å². The lowest BCUT2D eigenvalue weighted by atomic mass is 9.85. The summed E-state index contributed by atoms with van der Waals surface area (Å²) in [5, 5.41) is 51.1. The number of aliphatic hydroxyl groups is 1. The van der Waals surface area contributed by atoms with Crippen molar-refractivity contribution in [1.29, 1.82) is 0 Å². The Morgan fingerprint density at radius 2 is 1.67 bits per heavy atom. The average Bonchev–Trinajstić information content (AvgIpc) is 2.82. The van der Waals surface area contributed by atoms with Gasteiger partial charge in [0, 0.05) is 23.8 Å². The minimum absolute atomic E-state index is 0.0279. The Morgan fingerprint density at radius 1 is 0.917 bits per heavy atom. The second kappa shape index (κ2) is 7.82. The Bertz CT molecular complexity index is 1460. The molecule has 5 N–H and O–H groups in total. The number of aromatic hydroxyl groups is 3. The van der Waals surface area contributed by atoms with E-state index in [-0.39, 0.29) is 34.3 Å². The SMILES string of the molecule is COc1cc(C23Oc4cc(/C=C/C(=O)O)ccc4OC2(O)C(=O)c2c(O)cc(O)cc2O3)ccc1O. The number of benzene rings is 3. The van der Waals surface area contributed by atoms with Crippen molar-refractivity contribution in [1.82, 2.24) is 0 Å². The molecule has 3 aromatic rings. The standard InChI is InChI=1S/C25H18O11/c1-33-18-9-13(4-5-15(18)27)25-24(32,23(31)22-16(28)10-14(26)11-20(22)36-25)34-17-6-2-12(3-7-21(29)30)8-19(17)35-25/h2-11,26-28,32H,1H3,(H,29,30)/b7-3+. The zero-order chi connectivity index (χ0) is 25.8. The number of hydrogen-bond acceptors (Lipinski definition) is 10. The Labute approximate surface area is 202 Å². The van der Waals surface area contributed by atoms with Gasteiger partial charge in [-0.2, -0.15) is 0 Å². The van der Waals surface area contributed by atoms with Crippen molar-refractivity contribution in [3.8, 4) is 40.2 Å². The Hall–Kier alpha value is -4.90. The predicted molar refractivity (Wildman–Crippen MR) is 120 cm³/mol. The van der Waals surface area contributed by atoms with Gasteiger partial charge in [0.05, 0.1) is 7.11 Å². The summed E-state index contributed by atoms with van der Waals surface area (Å²) in [5.41, 5.74) is -0.0928. The number of carbonyl (C=O) groups excluding carboxylic acids is 1. The van der Waals surface area contributed by atoms with Crippen LogP contribution in [0, 0.1) is 0 Å². The van der Waals surface area contributed by atoms with Crippen molar-refractivity contribution >= 4 is 17.8 Å². The molecule has 0 radical (unpaired) electrons. The average molecular weight is 494 g/mol. The van der Waals surface area contributed by atoms with E-state index >= 15 is 0 Å². The summed E-state index contributed by atoms with van der Waals surface area (Å²) in [4.78, 5) is 24.5. The first-order chi connectivity index (χ1) is 17.1. The molecule has 36 heavy (non-hydrogen) atoms. The van der Waals surface area contributed by atoms with Gasteiger partial charge < -0.3 is 44.5 Å². The van der Waals surface area contributed by atoms with Crippen molar-refractivity contribution in [3.05, 3.63) is 71.3 Å². The third kappa shape index (κ3) is 3.25. The number of carboxylic acids is 1. The van der Waals surface area contributed by atoms with Crippen LogP contribution in [0.1, 0.15) is 21.5 Å². The number of hydrogen-bond donors (Lipinski definition) is 5. The van der Waals surface area contributed by atoms with Gasteiger partial charge in [0.2, 0.25) is 0 Å². The van der Waals surface area contributed by atoms with Gasteiger partial charge in [0.15, 0.2) is 23.0 Å². The number of phenolic OH excluding ortho intramolecular Hbond substituents is 3. The van der Waals surface area contributed by atoms with Crippen LogP contribution in [0.2, 0.25) is 0 Å². The Morgan fingerprint density at radius 3 is 2.39 bits per heavy atom. The van der Waals surface area contributed by atoms with E-state index in [0.717, 1.165) is 18.2 Å². The van der Waals surface area contributed by atoms with Crippen LogP contribution in [0.4, 0.5) is 0 Å². The summed E-state index contributed by atoms with van der Waals surface area (Å²) in [6, 6.07) is 9.95. The summed E-state index contributed by atoms with van der Waals surface area (Å²) < 4.78 is 23.0. The summed E-state index contributed by atoms with van der Waals surface area (Å²) in [6.07, 6.45) is 2.20. The minimum atomic E-state index is -2.90. The van der Waals surface area contributed by atoms with Crippen LogP contribution in [0.3, 0.4) is 0 Å². The predicted octanol–water partition coefficient (Wildman–Crippen LogP) is 2.50. The monoisotopic (exact) mass is 494 g/mol. The highest BCUT2D eigenvalue weighted by Crippen LogP contribution is 2.55. The van der Waals surface area contributed by atoms with E-state index in [1.54, 1.807) is 0 Å². The van der Waals surface area contributed by atoms with E-state index in [1.807, 2.05) is 0 Å². The number of ketones is 1. The normalized spacial score (nSPS) is 21.9. The molecule has 0 saturated heterocycles. The lowest BCUT2D eigenvalue weighted by Crippen LogP contribution is -2.70. The highest BCUT2D eigenvalue weighted by molar-refractivity contribution is 6.08. The third-order valence-corrected chi connectivity index (χ3v) is 5.76. The maximum absolute atomic E-state index is 13.6. The molecule has 11 nitrogen and oxygen atoms in total. The van der Waals surface area contributed by atoms with Gasteiger partial charge in [-0.05, 0) is 42.0 Å². The molecule has 0 bridgehead atoms. The van der Waals surface area contributed by atoms with E-state index in [0.29, 0.717) is 5.56 Å². The Kier molecular flexibility index (Phi) is 4.97. The van der Waals surface area contributed by atoms with Crippen LogP contribution in [0.25, 0.3) is 6.08 Å². The molecule has 2 unspecified atom stereocenters. The molecule has 0 spiro atoms. The fourth-order valence-electron chi connectivity index (χ4n) is 4.11. The molecule has 2 atom stereocenters. The molecule has 2 heterocycles. The first kappa shape index (κ1) is 22.9. The zero-order valence-electron chi connectivity index (χ0n) is 18.5. The van der Waals surface area contributed by atoms with E-state index in [4.69, 9.17) is 24.1 Å². The zero-order valence-corrected chi connectivity index (χ0v) is 18.5. The maximum Gasteiger partial charge on any atom is 0.357 e. The van der Waals surface area contributed by atoms with Crippen molar-refractivity contribution < 1.29 is 54.1 Å². The van der Waals surface area contributed by atoms with Crippen LogP contribution in [-0.2, 0) is 10.6 Å². The van der Waals surface area contributed by atoms with Gasteiger partial charge in [0.25, 0.3) is 5.78 Å². The number of fused-ring (bicyclic) bond motifs is 3. The molecule has 3 aromatic carbocycles. The molecule has 2 aliphatic heterocycles. The van der Waals surface area contributed by atoms with E-state index in [9.17, 15) is 30.0 Å². The number of ether oxygens (including phenoxy) is 4. The summed E-state index contributed by atoms with van der Waals surface area (Å²) >= 11 is 0. The molecular weight excluding hydrogens is 476 g/mol. The number of carboxylic acid groups (broad SMARTS) is 1. The summed E-state index contributed by atoms with van der Waals surface area (Å²) in [6.45, 7) is 0. The molecule has 0 aromatic heterocycles. The quantitative estimate of drug-likeness (QED) is 0.337. The van der Waals surface area contributed by atoms with Crippen LogP contribution < -0.4 is 18.9 Å². The van der Waals surface area contributed by atoms with Crippen molar-refractivity contribution in [2.24, 2.45) is 0 Å². The Balaban J connectivity index is 1.76. The molecule has 0 saturated carbocycles. The number of carbonyl (C=O) groups is 2. The third-order valence-electron chi connectivity index (χ3n) is 5.76. The number of Topliss-reactive ketones (excluding diaryl/α,β-unsaturated/α-hetero) is 1. The number of phenols is 3. The summed E-state index contributed by atoms with van der Waals surface area (Å²) in [5.74, 6) is -9.48. The van der Waals surface area contributed by atoms with Crippen LogP contribution in [-0.4, -0.2) is 50.2 Å². The number of aliphatic carboxylic acids is 1. The lowest BCUT2D eigenvalue weighted by molar-refractivity contribution is -0.316. The highest BCUT2D eigenvalue weighted by Gasteiger charge is 2.70. The van der Waals surface area contributed by atoms with Gasteiger partial charge in [0.1, 0.15) is 22.8 Å². The first-order valence-corrected chi connectivity index (χ1v) is 10.4. The van der Waals surface area contributed by atoms with E-state index in [1.165, 1.54) is 49.6 Å². The number of methoxy groups -OCH3 is 1.